The average molecular weight is 190 g/mol. The first kappa shape index (κ1) is 10.0. The summed E-state index contributed by atoms with van der Waals surface area (Å²) in [6.07, 6.45) is 9.21. The van der Waals surface area contributed by atoms with Crippen LogP contribution in [0.25, 0.3) is 0 Å². The Bertz CT molecular complexity index is 280. The van der Waals surface area contributed by atoms with Gasteiger partial charge >= 0.3 is 0 Å². The molecule has 2 aliphatic rings. The fraction of sp³-hybridized carbons (Fsp3) is 0.714. The molecular formula is C14H22. The summed E-state index contributed by atoms with van der Waals surface area (Å²) in [5.41, 5.74) is 5.04. The quantitative estimate of drug-likeness (QED) is 0.602. The van der Waals surface area contributed by atoms with Gasteiger partial charge in [-0.1, -0.05) is 43.9 Å². The number of rotatable bonds is 2. The lowest BCUT2D eigenvalue weighted by atomic mass is 9.74. The van der Waals surface area contributed by atoms with Crippen LogP contribution in [0.15, 0.2) is 22.8 Å². The van der Waals surface area contributed by atoms with Crippen LogP contribution in [-0.4, -0.2) is 0 Å². The van der Waals surface area contributed by atoms with Crippen molar-refractivity contribution < 1.29 is 0 Å². The zero-order valence-corrected chi connectivity index (χ0v) is 9.77. The van der Waals surface area contributed by atoms with Gasteiger partial charge in [0.2, 0.25) is 0 Å². The Kier molecular flexibility index (Phi) is 2.80. The van der Waals surface area contributed by atoms with Crippen molar-refractivity contribution in [2.24, 2.45) is 11.8 Å². The molecule has 2 unspecified atom stereocenters. The van der Waals surface area contributed by atoms with Crippen LogP contribution >= 0.6 is 0 Å². The van der Waals surface area contributed by atoms with E-state index < -0.39 is 0 Å². The Morgan fingerprint density at radius 3 is 2.43 bits per heavy atom. The summed E-state index contributed by atoms with van der Waals surface area (Å²) in [6, 6.07) is 0. The monoisotopic (exact) mass is 190 g/mol. The maximum Gasteiger partial charge on any atom is -0.0102 e. The van der Waals surface area contributed by atoms with E-state index in [1.807, 2.05) is 0 Å². The lowest BCUT2D eigenvalue weighted by Crippen LogP contribution is -2.19. The van der Waals surface area contributed by atoms with E-state index in [1.54, 1.807) is 16.7 Å². The second kappa shape index (κ2) is 3.92. The van der Waals surface area contributed by atoms with Crippen molar-refractivity contribution >= 4 is 0 Å². The van der Waals surface area contributed by atoms with Crippen molar-refractivity contribution in [1.82, 2.24) is 0 Å². The molecule has 0 heteroatoms. The lowest BCUT2D eigenvalue weighted by Gasteiger charge is -2.31. The van der Waals surface area contributed by atoms with Gasteiger partial charge in [-0.05, 0) is 43.6 Å². The van der Waals surface area contributed by atoms with Gasteiger partial charge in [-0.2, -0.15) is 0 Å². The van der Waals surface area contributed by atoms with Crippen molar-refractivity contribution in [2.45, 2.75) is 52.9 Å². The van der Waals surface area contributed by atoms with Crippen LogP contribution in [0.5, 0.6) is 0 Å². The van der Waals surface area contributed by atoms with Gasteiger partial charge in [0, 0.05) is 0 Å². The standard InChI is InChI=1S/C14H22/c1-4-11-8-13-6-10(3)7-14(13)9-12(11)5-2/h6,11-12H,4-5,7-9H2,1-3H3. The molecule has 2 rings (SSSR count). The molecule has 0 aromatic carbocycles. The highest BCUT2D eigenvalue weighted by molar-refractivity contribution is 5.40. The summed E-state index contributed by atoms with van der Waals surface area (Å²) in [7, 11) is 0. The van der Waals surface area contributed by atoms with E-state index in [4.69, 9.17) is 0 Å². The van der Waals surface area contributed by atoms with Crippen LogP contribution in [0.1, 0.15) is 52.9 Å². The lowest BCUT2D eigenvalue weighted by molar-refractivity contribution is 0.292. The fourth-order valence-corrected chi connectivity index (χ4v) is 3.19. The second-order valence-electron chi connectivity index (χ2n) is 5.04. The van der Waals surface area contributed by atoms with E-state index in [0.29, 0.717) is 0 Å². The van der Waals surface area contributed by atoms with Gasteiger partial charge in [-0.3, -0.25) is 0 Å². The Morgan fingerprint density at radius 1 is 1.14 bits per heavy atom. The second-order valence-corrected chi connectivity index (χ2v) is 5.04. The van der Waals surface area contributed by atoms with Gasteiger partial charge in [-0.15, -0.1) is 0 Å². The van der Waals surface area contributed by atoms with Gasteiger partial charge < -0.3 is 0 Å². The number of hydrogen-bond donors (Lipinski definition) is 0. The highest BCUT2D eigenvalue weighted by atomic mass is 14.3. The van der Waals surface area contributed by atoms with Crippen LogP contribution in [-0.2, 0) is 0 Å². The number of allylic oxidation sites excluding steroid dienone is 4. The third-order valence-electron chi connectivity index (χ3n) is 4.07. The molecule has 0 saturated heterocycles. The molecule has 0 amide bonds. The van der Waals surface area contributed by atoms with Crippen LogP contribution in [0.3, 0.4) is 0 Å². The Morgan fingerprint density at radius 2 is 1.79 bits per heavy atom. The molecule has 0 aromatic rings. The smallest absolute Gasteiger partial charge is 0.0102 e. The van der Waals surface area contributed by atoms with E-state index >= 15 is 0 Å². The van der Waals surface area contributed by atoms with Crippen molar-refractivity contribution in [2.75, 3.05) is 0 Å². The zero-order valence-electron chi connectivity index (χ0n) is 9.77. The normalized spacial score (nSPS) is 31.8. The minimum absolute atomic E-state index is 0.959. The van der Waals surface area contributed by atoms with Crippen LogP contribution < -0.4 is 0 Å². The van der Waals surface area contributed by atoms with Crippen LogP contribution in [0.4, 0.5) is 0 Å². The topological polar surface area (TPSA) is 0 Å². The predicted octanol–water partition coefficient (Wildman–Crippen LogP) is 4.48. The van der Waals surface area contributed by atoms with E-state index in [1.165, 1.54) is 32.1 Å². The SMILES string of the molecule is CCC1CC2=C(CC(C)=C2)CC1CC. The third kappa shape index (κ3) is 1.67. The predicted molar refractivity (Wildman–Crippen MR) is 62.2 cm³/mol. The molecule has 0 heterocycles. The molecular weight excluding hydrogens is 168 g/mol. The Balaban J connectivity index is 2.14. The van der Waals surface area contributed by atoms with E-state index in [2.05, 4.69) is 26.8 Å². The van der Waals surface area contributed by atoms with Crippen molar-refractivity contribution in [3.05, 3.63) is 22.8 Å². The molecule has 0 aliphatic heterocycles. The first-order valence-corrected chi connectivity index (χ1v) is 6.12. The summed E-state index contributed by atoms with van der Waals surface area (Å²) >= 11 is 0. The minimum Gasteiger partial charge on any atom is -0.0690 e. The minimum atomic E-state index is 0.959. The zero-order chi connectivity index (χ0) is 10.1. The van der Waals surface area contributed by atoms with E-state index in [0.717, 1.165) is 11.8 Å². The molecule has 0 aromatic heterocycles. The molecule has 0 N–H and O–H groups in total. The molecule has 0 spiro atoms. The van der Waals surface area contributed by atoms with Gasteiger partial charge in [0.15, 0.2) is 0 Å². The van der Waals surface area contributed by atoms with Crippen LogP contribution in [0.2, 0.25) is 0 Å². The Labute approximate surface area is 88.1 Å². The average Bonchev–Trinajstić information content (AvgIpc) is 2.54. The van der Waals surface area contributed by atoms with Crippen molar-refractivity contribution in [3.8, 4) is 0 Å². The molecule has 14 heavy (non-hydrogen) atoms. The first-order chi connectivity index (χ1) is 6.74. The summed E-state index contributed by atoms with van der Waals surface area (Å²) < 4.78 is 0. The molecule has 0 bridgehead atoms. The maximum absolute atomic E-state index is 2.45. The van der Waals surface area contributed by atoms with E-state index in [9.17, 15) is 0 Å². The van der Waals surface area contributed by atoms with E-state index in [-0.39, 0.29) is 0 Å². The summed E-state index contributed by atoms with van der Waals surface area (Å²) in [5, 5.41) is 0. The fourth-order valence-electron chi connectivity index (χ4n) is 3.19. The first-order valence-electron chi connectivity index (χ1n) is 6.12. The largest absolute Gasteiger partial charge is 0.0690 e. The number of hydrogen-bond acceptors (Lipinski definition) is 0. The highest BCUT2D eigenvalue weighted by Crippen LogP contribution is 2.43. The van der Waals surface area contributed by atoms with Crippen molar-refractivity contribution in [3.63, 3.8) is 0 Å². The molecule has 0 nitrogen and oxygen atoms in total. The molecule has 0 fully saturated rings. The maximum atomic E-state index is 2.45. The summed E-state index contributed by atoms with van der Waals surface area (Å²) in [6.45, 7) is 6.98. The third-order valence-corrected chi connectivity index (χ3v) is 4.07. The molecule has 2 atom stereocenters. The molecule has 78 valence electrons. The van der Waals surface area contributed by atoms with Crippen molar-refractivity contribution in [1.29, 1.82) is 0 Å². The Hall–Kier alpha value is -0.520. The van der Waals surface area contributed by atoms with Gasteiger partial charge in [0.25, 0.3) is 0 Å². The molecule has 2 aliphatic carbocycles. The van der Waals surface area contributed by atoms with Gasteiger partial charge in [-0.25, -0.2) is 0 Å². The summed E-state index contributed by atoms with van der Waals surface area (Å²) in [5.74, 6) is 1.93. The summed E-state index contributed by atoms with van der Waals surface area (Å²) in [4.78, 5) is 0. The van der Waals surface area contributed by atoms with Crippen LogP contribution in [0, 0.1) is 11.8 Å². The molecule has 0 radical (unpaired) electrons. The van der Waals surface area contributed by atoms with Gasteiger partial charge in [0.1, 0.15) is 0 Å². The highest BCUT2D eigenvalue weighted by Gasteiger charge is 2.28. The van der Waals surface area contributed by atoms with Gasteiger partial charge in [0.05, 0.1) is 0 Å². The molecule has 0 saturated carbocycles.